The van der Waals surface area contributed by atoms with Gasteiger partial charge in [-0.05, 0) is 25.0 Å². The summed E-state index contributed by atoms with van der Waals surface area (Å²) < 4.78 is 31.3. The molecule has 0 radical (unpaired) electrons. The smallest absolute Gasteiger partial charge is 0.267 e. The van der Waals surface area contributed by atoms with Gasteiger partial charge in [-0.2, -0.15) is 0 Å². The second-order valence-electron chi connectivity index (χ2n) is 3.20. The molecule has 0 amide bonds. The van der Waals surface area contributed by atoms with Crippen molar-refractivity contribution in [1.82, 2.24) is 0 Å². The Morgan fingerprint density at radius 2 is 2.14 bits per heavy atom. The van der Waals surface area contributed by atoms with E-state index in [1.165, 1.54) is 6.07 Å². The largest absolute Gasteiger partial charge is 0.493 e. The summed E-state index contributed by atoms with van der Waals surface area (Å²) in [6, 6.07) is 3.08. The maximum atomic E-state index is 12.6. The van der Waals surface area contributed by atoms with Crippen molar-refractivity contribution in [2.75, 3.05) is 6.61 Å². The molecule has 1 aliphatic rings. The lowest BCUT2D eigenvalue weighted by atomic mass is 10.0. The van der Waals surface area contributed by atoms with E-state index in [1.54, 1.807) is 6.07 Å². The molecule has 0 aromatic heterocycles. The Balaban J connectivity index is 2.53. The summed E-state index contributed by atoms with van der Waals surface area (Å²) in [6.45, 7) is 0.531. The molecule has 0 atom stereocenters. The normalized spacial score (nSPS) is 15.1. The van der Waals surface area contributed by atoms with E-state index in [1.807, 2.05) is 0 Å². The number of benzene rings is 1. The van der Waals surface area contributed by atoms with Crippen LogP contribution in [0.4, 0.5) is 8.78 Å². The quantitative estimate of drug-likeness (QED) is 0.750. The van der Waals surface area contributed by atoms with Gasteiger partial charge in [0.1, 0.15) is 5.75 Å². The number of rotatable bonds is 1. The van der Waals surface area contributed by atoms with Crippen LogP contribution in [-0.4, -0.2) is 6.61 Å². The van der Waals surface area contributed by atoms with E-state index < -0.39 is 6.43 Å². The zero-order valence-corrected chi connectivity index (χ0v) is 8.98. The van der Waals surface area contributed by atoms with Crippen molar-refractivity contribution in [2.24, 2.45) is 0 Å². The summed E-state index contributed by atoms with van der Waals surface area (Å²) in [7, 11) is 0. The first kappa shape index (κ1) is 9.90. The van der Waals surface area contributed by atoms with Crippen molar-refractivity contribution in [3.63, 3.8) is 0 Å². The third-order valence-corrected chi connectivity index (χ3v) is 3.03. The lowest BCUT2D eigenvalue weighted by Crippen LogP contribution is -2.11. The van der Waals surface area contributed by atoms with Gasteiger partial charge in [0.25, 0.3) is 6.43 Å². The standard InChI is InChI=1S/C10H9BrF2O/c11-8-4-3-7(10(12)13)9-6(8)2-1-5-14-9/h3-4,10H,1-2,5H2. The average Bonchev–Trinajstić information content (AvgIpc) is 2.18. The van der Waals surface area contributed by atoms with E-state index in [0.717, 1.165) is 22.9 Å². The molecule has 0 N–H and O–H groups in total. The van der Waals surface area contributed by atoms with Gasteiger partial charge in [0.15, 0.2) is 0 Å². The molecule has 1 aromatic rings. The molecule has 0 bridgehead atoms. The first-order valence-corrected chi connectivity index (χ1v) is 5.21. The van der Waals surface area contributed by atoms with E-state index in [-0.39, 0.29) is 5.56 Å². The van der Waals surface area contributed by atoms with Crippen LogP contribution in [0.1, 0.15) is 24.0 Å². The molecule has 0 saturated heterocycles. The highest BCUT2D eigenvalue weighted by Gasteiger charge is 2.22. The Kier molecular flexibility index (Phi) is 2.72. The molecule has 1 heterocycles. The Morgan fingerprint density at radius 3 is 2.86 bits per heavy atom. The highest BCUT2D eigenvalue weighted by atomic mass is 79.9. The molecule has 1 aliphatic heterocycles. The van der Waals surface area contributed by atoms with Gasteiger partial charge in [0, 0.05) is 10.0 Å². The summed E-state index contributed by atoms with van der Waals surface area (Å²) in [6.07, 6.45) is -0.774. The van der Waals surface area contributed by atoms with Crippen LogP contribution in [0.3, 0.4) is 0 Å². The number of alkyl halides is 2. The second-order valence-corrected chi connectivity index (χ2v) is 4.05. The first-order chi connectivity index (χ1) is 6.70. The van der Waals surface area contributed by atoms with Gasteiger partial charge in [-0.25, -0.2) is 8.78 Å². The summed E-state index contributed by atoms with van der Waals surface area (Å²) in [5, 5.41) is 0. The summed E-state index contributed by atoms with van der Waals surface area (Å²) >= 11 is 3.34. The molecule has 14 heavy (non-hydrogen) atoms. The van der Waals surface area contributed by atoms with Gasteiger partial charge in [-0.15, -0.1) is 0 Å². The Labute approximate surface area is 89.2 Å². The molecule has 0 fully saturated rings. The maximum absolute atomic E-state index is 12.6. The van der Waals surface area contributed by atoms with Crippen LogP contribution in [0.15, 0.2) is 16.6 Å². The van der Waals surface area contributed by atoms with Crippen molar-refractivity contribution >= 4 is 15.9 Å². The van der Waals surface area contributed by atoms with Crippen molar-refractivity contribution in [3.05, 3.63) is 27.7 Å². The monoisotopic (exact) mass is 262 g/mol. The van der Waals surface area contributed by atoms with Crippen LogP contribution in [0, 0.1) is 0 Å². The molecule has 0 unspecified atom stereocenters. The van der Waals surface area contributed by atoms with Gasteiger partial charge in [-0.3, -0.25) is 0 Å². The van der Waals surface area contributed by atoms with Crippen molar-refractivity contribution in [3.8, 4) is 5.75 Å². The van der Waals surface area contributed by atoms with E-state index in [4.69, 9.17) is 4.74 Å². The van der Waals surface area contributed by atoms with Crippen LogP contribution in [0.2, 0.25) is 0 Å². The van der Waals surface area contributed by atoms with Gasteiger partial charge in [-0.1, -0.05) is 15.9 Å². The Hall–Kier alpha value is -0.640. The molecular weight excluding hydrogens is 254 g/mol. The van der Waals surface area contributed by atoms with Crippen LogP contribution < -0.4 is 4.74 Å². The molecular formula is C10H9BrF2O. The summed E-state index contributed by atoms with van der Waals surface area (Å²) in [4.78, 5) is 0. The van der Waals surface area contributed by atoms with Crippen molar-refractivity contribution < 1.29 is 13.5 Å². The summed E-state index contributed by atoms with van der Waals surface area (Å²) in [5.74, 6) is 0.376. The van der Waals surface area contributed by atoms with Crippen molar-refractivity contribution in [1.29, 1.82) is 0 Å². The fourth-order valence-corrected chi connectivity index (χ4v) is 2.13. The highest BCUT2D eigenvalue weighted by molar-refractivity contribution is 9.10. The lowest BCUT2D eigenvalue weighted by molar-refractivity contribution is 0.143. The maximum Gasteiger partial charge on any atom is 0.267 e. The number of hydrogen-bond acceptors (Lipinski definition) is 1. The summed E-state index contributed by atoms with van der Waals surface area (Å²) in [5.41, 5.74) is 0.872. The number of halogens is 3. The predicted octanol–water partition coefficient (Wildman–Crippen LogP) is 3.71. The molecule has 1 nitrogen and oxygen atoms in total. The number of ether oxygens (including phenoxy) is 1. The lowest BCUT2D eigenvalue weighted by Gasteiger charge is -2.21. The van der Waals surface area contributed by atoms with Gasteiger partial charge < -0.3 is 4.74 Å². The van der Waals surface area contributed by atoms with Crippen LogP contribution in [0.25, 0.3) is 0 Å². The Bertz CT molecular complexity index is 352. The highest BCUT2D eigenvalue weighted by Crippen LogP contribution is 2.38. The molecule has 1 aromatic carbocycles. The third-order valence-electron chi connectivity index (χ3n) is 2.29. The van der Waals surface area contributed by atoms with Crippen LogP contribution >= 0.6 is 15.9 Å². The average molecular weight is 263 g/mol. The van der Waals surface area contributed by atoms with Gasteiger partial charge in [0.05, 0.1) is 12.2 Å². The SMILES string of the molecule is FC(F)c1ccc(Br)c2c1OCCC2. The predicted molar refractivity (Wildman–Crippen MR) is 52.9 cm³/mol. The third kappa shape index (κ3) is 1.63. The van der Waals surface area contributed by atoms with Crippen LogP contribution in [-0.2, 0) is 6.42 Å². The van der Waals surface area contributed by atoms with Crippen molar-refractivity contribution in [2.45, 2.75) is 19.3 Å². The minimum Gasteiger partial charge on any atom is -0.493 e. The first-order valence-electron chi connectivity index (χ1n) is 4.42. The van der Waals surface area contributed by atoms with E-state index >= 15 is 0 Å². The molecule has 2 rings (SSSR count). The van der Waals surface area contributed by atoms with Gasteiger partial charge in [0.2, 0.25) is 0 Å². The van der Waals surface area contributed by atoms with Gasteiger partial charge >= 0.3 is 0 Å². The molecule has 0 saturated carbocycles. The minimum atomic E-state index is -2.46. The molecule has 0 aliphatic carbocycles. The molecule has 0 spiro atoms. The zero-order valence-electron chi connectivity index (χ0n) is 7.40. The van der Waals surface area contributed by atoms with E-state index in [2.05, 4.69) is 15.9 Å². The number of hydrogen-bond donors (Lipinski definition) is 0. The Morgan fingerprint density at radius 1 is 1.36 bits per heavy atom. The molecule has 76 valence electrons. The minimum absolute atomic E-state index is 0.00269. The fourth-order valence-electron chi connectivity index (χ4n) is 1.62. The second kappa shape index (κ2) is 3.85. The topological polar surface area (TPSA) is 9.23 Å². The zero-order chi connectivity index (χ0) is 10.1. The van der Waals surface area contributed by atoms with Crippen LogP contribution in [0.5, 0.6) is 5.75 Å². The molecule has 4 heteroatoms. The number of fused-ring (bicyclic) bond motifs is 1. The fraction of sp³-hybridized carbons (Fsp3) is 0.400. The van der Waals surface area contributed by atoms with E-state index in [9.17, 15) is 8.78 Å². The van der Waals surface area contributed by atoms with E-state index in [0.29, 0.717) is 12.4 Å².